The van der Waals surface area contributed by atoms with Gasteiger partial charge in [0.25, 0.3) is 11.8 Å². The lowest BCUT2D eigenvalue weighted by atomic mass is 10.1. The average Bonchev–Trinajstić information content (AvgIpc) is 3.28. The molecule has 1 saturated heterocycles. The van der Waals surface area contributed by atoms with E-state index in [-0.39, 0.29) is 12.5 Å². The van der Waals surface area contributed by atoms with Gasteiger partial charge in [-0.1, -0.05) is 24.3 Å². The molecule has 0 aliphatic carbocycles. The first-order valence-electron chi connectivity index (χ1n) is 9.60. The Morgan fingerprint density at radius 3 is 2.40 bits per heavy atom. The number of benzene rings is 2. The third-order valence-electron chi connectivity index (χ3n) is 5.14. The van der Waals surface area contributed by atoms with E-state index in [0.29, 0.717) is 17.1 Å². The van der Waals surface area contributed by atoms with Gasteiger partial charge in [0.1, 0.15) is 12.3 Å². The molecule has 2 aliphatic rings. The summed E-state index contributed by atoms with van der Waals surface area (Å²) >= 11 is 0. The van der Waals surface area contributed by atoms with E-state index < -0.39 is 23.9 Å². The third kappa shape index (κ3) is 3.49. The van der Waals surface area contributed by atoms with Crippen LogP contribution >= 0.6 is 0 Å². The number of carbonyl (C=O) groups excluding carboxylic acids is 3. The highest BCUT2D eigenvalue weighted by Crippen LogP contribution is 2.32. The number of nitrogens with one attached hydrogen (secondary N) is 1. The summed E-state index contributed by atoms with van der Waals surface area (Å²) in [5, 5.41) is 11.9. The van der Waals surface area contributed by atoms with E-state index in [1.807, 2.05) is 24.3 Å². The molecule has 2 aromatic carbocycles. The number of imide groups is 1. The second kappa shape index (κ2) is 7.94. The van der Waals surface area contributed by atoms with Gasteiger partial charge in [0.05, 0.1) is 12.8 Å². The van der Waals surface area contributed by atoms with Crippen LogP contribution in [0.2, 0.25) is 0 Å². The van der Waals surface area contributed by atoms with Crippen LogP contribution in [0.5, 0.6) is 5.75 Å². The molecule has 0 saturated carbocycles. The van der Waals surface area contributed by atoms with Crippen molar-refractivity contribution in [3.63, 3.8) is 0 Å². The number of fused-ring (bicyclic) bond motifs is 1. The van der Waals surface area contributed by atoms with Gasteiger partial charge in [0.15, 0.2) is 12.1 Å². The lowest BCUT2D eigenvalue weighted by Crippen LogP contribution is -2.43. The largest absolute Gasteiger partial charge is 0.497 e. The predicted octanol–water partition coefficient (Wildman–Crippen LogP) is 2.19. The molecule has 154 valence electrons. The Balaban J connectivity index is 1.45. The quantitative estimate of drug-likeness (QED) is 0.740. The number of hydrogen-bond acceptors (Lipinski definition) is 7. The maximum Gasteiger partial charge on any atom is 0.263 e. The fraction of sp³-hybridized carbons (Fsp3) is 0.286. The second-order valence-corrected chi connectivity index (χ2v) is 7.00. The summed E-state index contributed by atoms with van der Waals surface area (Å²) in [6, 6.07) is 12.2. The van der Waals surface area contributed by atoms with Crippen molar-refractivity contribution in [2.45, 2.75) is 25.4 Å². The molecule has 0 spiro atoms. The van der Waals surface area contributed by atoms with Crippen molar-refractivity contribution in [2.24, 2.45) is 10.3 Å². The van der Waals surface area contributed by atoms with Gasteiger partial charge < -0.3 is 10.1 Å². The highest BCUT2D eigenvalue weighted by Gasteiger charge is 2.55. The predicted molar refractivity (Wildman–Crippen MR) is 109 cm³/mol. The molecule has 2 heterocycles. The molecule has 2 atom stereocenters. The first kappa shape index (κ1) is 19.6. The lowest BCUT2D eigenvalue weighted by molar-refractivity contribution is -0.123. The number of nitrogens with zero attached hydrogens (tertiary/aromatic N) is 4. The summed E-state index contributed by atoms with van der Waals surface area (Å²) < 4.78 is 5.11. The number of hydrogen-bond donors (Lipinski definition) is 1. The second-order valence-electron chi connectivity index (χ2n) is 7.00. The molecule has 9 nitrogen and oxygen atoms in total. The Kier molecular flexibility index (Phi) is 5.18. The molecular formula is C21H21N5O4. The SMILES string of the molecule is CCc1ccc(NC(=O)CN2N=N[C@@H]3C(=O)N(c4ccc(OC)cc4)C(=O)[C@@H]32)cc1. The number of carbonyl (C=O) groups is 3. The van der Waals surface area contributed by atoms with Crippen molar-refractivity contribution in [3.05, 3.63) is 54.1 Å². The molecule has 9 heteroatoms. The molecule has 2 aliphatic heterocycles. The van der Waals surface area contributed by atoms with Gasteiger partial charge >= 0.3 is 0 Å². The Bertz CT molecular complexity index is 1000. The summed E-state index contributed by atoms with van der Waals surface area (Å²) in [5.74, 6) is -0.651. The first-order chi connectivity index (χ1) is 14.5. The zero-order valence-corrected chi connectivity index (χ0v) is 16.6. The van der Waals surface area contributed by atoms with Crippen molar-refractivity contribution in [3.8, 4) is 5.75 Å². The van der Waals surface area contributed by atoms with Crippen LogP contribution in [0.3, 0.4) is 0 Å². The molecule has 1 N–H and O–H groups in total. The van der Waals surface area contributed by atoms with Crippen molar-refractivity contribution < 1.29 is 19.1 Å². The van der Waals surface area contributed by atoms with Crippen LogP contribution in [0.4, 0.5) is 11.4 Å². The Hall–Kier alpha value is -3.75. The van der Waals surface area contributed by atoms with Gasteiger partial charge in [-0.05, 0) is 48.4 Å². The molecule has 0 bridgehead atoms. The minimum atomic E-state index is -0.948. The number of methoxy groups -OCH3 is 1. The van der Waals surface area contributed by atoms with Crippen molar-refractivity contribution >= 4 is 29.1 Å². The molecule has 30 heavy (non-hydrogen) atoms. The Morgan fingerprint density at radius 1 is 1.07 bits per heavy atom. The van der Waals surface area contributed by atoms with E-state index in [9.17, 15) is 14.4 Å². The smallest absolute Gasteiger partial charge is 0.263 e. The van der Waals surface area contributed by atoms with Crippen LogP contribution in [0.25, 0.3) is 0 Å². The number of anilines is 2. The number of ether oxygens (including phenoxy) is 1. The number of aryl methyl sites for hydroxylation is 1. The Labute approximate surface area is 173 Å². The summed E-state index contributed by atoms with van der Waals surface area (Å²) in [6.45, 7) is 1.87. The minimum absolute atomic E-state index is 0.185. The van der Waals surface area contributed by atoms with Gasteiger partial charge in [0.2, 0.25) is 5.91 Å². The first-order valence-corrected chi connectivity index (χ1v) is 9.60. The van der Waals surface area contributed by atoms with E-state index in [1.165, 1.54) is 12.1 Å². The minimum Gasteiger partial charge on any atom is -0.497 e. The highest BCUT2D eigenvalue weighted by molar-refractivity contribution is 6.25. The van der Waals surface area contributed by atoms with E-state index in [4.69, 9.17) is 4.74 Å². The third-order valence-corrected chi connectivity index (χ3v) is 5.14. The summed E-state index contributed by atoms with van der Waals surface area (Å²) in [6.07, 6.45) is 0.909. The van der Waals surface area contributed by atoms with E-state index in [2.05, 4.69) is 22.6 Å². The van der Waals surface area contributed by atoms with Gasteiger partial charge in [-0.3, -0.25) is 19.4 Å². The van der Waals surface area contributed by atoms with E-state index >= 15 is 0 Å². The summed E-state index contributed by atoms with van der Waals surface area (Å²) in [5.41, 5.74) is 2.24. The maximum atomic E-state index is 13.0. The van der Waals surface area contributed by atoms with Crippen LogP contribution in [0.1, 0.15) is 12.5 Å². The maximum absolute atomic E-state index is 13.0. The van der Waals surface area contributed by atoms with Crippen molar-refractivity contribution in [2.75, 3.05) is 23.9 Å². The standard InChI is InChI=1S/C21H21N5O4/c1-3-13-4-6-14(7-5-13)22-17(27)12-25-19-18(23-24-25)20(28)26(21(19)29)15-8-10-16(30-2)11-9-15/h4-11,18-19H,3,12H2,1-2H3,(H,22,27)/t18-,19+/m0/s1. The fourth-order valence-corrected chi connectivity index (χ4v) is 3.51. The van der Waals surface area contributed by atoms with E-state index in [0.717, 1.165) is 16.9 Å². The molecular weight excluding hydrogens is 386 g/mol. The molecule has 4 rings (SSSR count). The van der Waals surface area contributed by atoms with Gasteiger partial charge in [0, 0.05) is 5.69 Å². The summed E-state index contributed by atoms with van der Waals surface area (Å²) in [4.78, 5) is 39.2. The highest BCUT2D eigenvalue weighted by atomic mass is 16.5. The zero-order valence-electron chi connectivity index (χ0n) is 16.6. The van der Waals surface area contributed by atoms with Crippen LogP contribution in [-0.2, 0) is 20.8 Å². The zero-order chi connectivity index (χ0) is 21.3. The van der Waals surface area contributed by atoms with Crippen LogP contribution in [0.15, 0.2) is 58.9 Å². The van der Waals surface area contributed by atoms with Crippen molar-refractivity contribution in [1.82, 2.24) is 5.01 Å². The normalized spacial score (nSPS) is 19.9. The van der Waals surface area contributed by atoms with Crippen molar-refractivity contribution in [1.29, 1.82) is 0 Å². The fourth-order valence-electron chi connectivity index (χ4n) is 3.51. The van der Waals surface area contributed by atoms with Crippen LogP contribution in [0, 0.1) is 0 Å². The average molecular weight is 407 g/mol. The summed E-state index contributed by atoms with van der Waals surface area (Å²) in [7, 11) is 1.53. The molecule has 3 amide bonds. The van der Waals surface area contributed by atoms with Gasteiger partial charge in [-0.25, -0.2) is 4.90 Å². The van der Waals surface area contributed by atoms with Crippen LogP contribution < -0.4 is 15.0 Å². The Morgan fingerprint density at radius 2 is 1.77 bits per heavy atom. The number of rotatable bonds is 6. The van der Waals surface area contributed by atoms with Gasteiger partial charge in [-0.2, -0.15) is 5.11 Å². The van der Waals surface area contributed by atoms with Gasteiger partial charge in [-0.15, -0.1) is 0 Å². The number of amides is 3. The topological polar surface area (TPSA) is 104 Å². The molecule has 0 unspecified atom stereocenters. The molecule has 0 radical (unpaired) electrons. The van der Waals surface area contributed by atoms with E-state index in [1.54, 1.807) is 24.3 Å². The molecule has 1 fully saturated rings. The molecule has 0 aromatic heterocycles. The molecule has 2 aromatic rings. The lowest BCUT2D eigenvalue weighted by Gasteiger charge is -2.20. The van der Waals surface area contributed by atoms with Crippen LogP contribution in [-0.4, -0.2) is 48.5 Å². The monoisotopic (exact) mass is 407 g/mol.